The molecule has 0 bridgehead atoms. The van der Waals surface area contributed by atoms with Gasteiger partial charge in [-0.3, -0.25) is 9.69 Å². The van der Waals surface area contributed by atoms with Gasteiger partial charge in [-0.1, -0.05) is 0 Å². The molecule has 1 saturated heterocycles. The van der Waals surface area contributed by atoms with Crippen LogP contribution in [0.25, 0.3) is 0 Å². The van der Waals surface area contributed by atoms with E-state index in [4.69, 9.17) is 15.2 Å². The molecule has 5 nitrogen and oxygen atoms in total. The van der Waals surface area contributed by atoms with Crippen molar-refractivity contribution in [1.29, 1.82) is 0 Å². The summed E-state index contributed by atoms with van der Waals surface area (Å²) in [6, 6.07) is 0.475. The summed E-state index contributed by atoms with van der Waals surface area (Å²) in [5, 5.41) is 0. The molecule has 0 aromatic heterocycles. The Morgan fingerprint density at radius 1 is 1.56 bits per heavy atom. The van der Waals surface area contributed by atoms with Gasteiger partial charge in [0.05, 0.1) is 19.1 Å². The van der Waals surface area contributed by atoms with Crippen LogP contribution in [0, 0.1) is 0 Å². The fraction of sp³-hybridized carbons (Fsp3) is 0.923. The normalized spacial score (nSPS) is 26.9. The van der Waals surface area contributed by atoms with Gasteiger partial charge in [-0.25, -0.2) is 0 Å². The van der Waals surface area contributed by atoms with Crippen LogP contribution in [0.15, 0.2) is 0 Å². The average Bonchev–Trinajstić information content (AvgIpc) is 2.38. The second-order valence-corrected chi connectivity index (χ2v) is 4.87. The molecule has 1 aliphatic rings. The van der Waals surface area contributed by atoms with E-state index in [1.807, 2.05) is 6.92 Å². The van der Waals surface area contributed by atoms with Crippen molar-refractivity contribution in [1.82, 2.24) is 4.90 Å². The zero-order valence-electron chi connectivity index (χ0n) is 11.7. The highest BCUT2D eigenvalue weighted by Gasteiger charge is 2.31. The molecule has 0 radical (unpaired) electrons. The lowest BCUT2D eigenvalue weighted by Crippen LogP contribution is -2.52. The van der Waals surface area contributed by atoms with Gasteiger partial charge in [0, 0.05) is 32.3 Å². The maximum Gasteiger partial charge on any atom is 0.307 e. The van der Waals surface area contributed by atoms with Crippen LogP contribution in [0.3, 0.4) is 0 Å². The Labute approximate surface area is 110 Å². The lowest BCUT2D eigenvalue weighted by atomic mass is 9.96. The second kappa shape index (κ2) is 7.71. The number of likely N-dealkylation sites (tertiary alicyclic amines) is 1. The molecule has 0 aliphatic carbocycles. The van der Waals surface area contributed by atoms with Crippen molar-refractivity contribution < 1.29 is 14.3 Å². The number of ether oxygens (including phenoxy) is 2. The first kappa shape index (κ1) is 15.4. The number of hydrogen-bond donors (Lipinski definition) is 1. The van der Waals surface area contributed by atoms with Crippen molar-refractivity contribution in [2.75, 3.05) is 26.8 Å². The third kappa shape index (κ3) is 4.23. The molecule has 0 saturated carbocycles. The molecule has 0 aromatic rings. The highest BCUT2D eigenvalue weighted by atomic mass is 16.5. The van der Waals surface area contributed by atoms with Crippen LogP contribution in [-0.4, -0.2) is 55.9 Å². The van der Waals surface area contributed by atoms with E-state index in [-0.39, 0.29) is 12.0 Å². The molecule has 0 spiro atoms. The molecule has 1 rings (SSSR count). The molecule has 3 unspecified atom stereocenters. The summed E-state index contributed by atoms with van der Waals surface area (Å²) in [7, 11) is 1.75. The van der Waals surface area contributed by atoms with Gasteiger partial charge in [-0.05, 0) is 26.7 Å². The van der Waals surface area contributed by atoms with Gasteiger partial charge in [0.1, 0.15) is 0 Å². The predicted octanol–water partition coefficient (Wildman–Crippen LogP) is 0.766. The van der Waals surface area contributed by atoms with Crippen LogP contribution >= 0.6 is 0 Å². The molecule has 1 fully saturated rings. The monoisotopic (exact) mass is 258 g/mol. The smallest absolute Gasteiger partial charge is 0.307 e. The number of piperidine rings is 1. The van der Waals surface area contributed by atoms with Gasteiger partial charge in [0.15, 0.2) is 0 Å². The Balaban J connectivity index is 2.50. The number of carbonyl (C=O) groups is 1. The molecule has 5 heteroatoms. The van der Waals surface area contributed by atoms with E-state index < -0.39 is 0 Å². The molecular formula is C13H26N2O3. The van der Waals surface area contributed by atoms with Gasteiger partial charge < -0.3 is 15.2 Å². The number of nitrogens with zero attached hydrogens (tertiary/aromatic N) is 1. The Morgan fingerprint density at radius 2 is 2.28 bits per heavy atom. The van der Waals surface area contributed by atoms with Gasteiger partial charge in [-0.15, -0.1) is 0 Å². The lowest BCUT2D eigenvalue weighted by molar-refractivity contribution is -0.145. The van der Waals surface area contributed by atoms with Gasteiger partial charge >= 0.3 is 5.97 Å². The van der Waals surface area contributed by atoms with Gasteiger partial charge in [0.25, 0.3) is 0 Å². The maximum absolute atomic E-state index is 11.5. The van der Waals surface area contributed by atoms with E-state index in [9.17, 15) is 4.79 Å². The fourth-order valence-corrected chi connectivity index (χ4v) is 2.64. The van der Waals surface area contributed by atoms with Crippen LogP contribution in [0.2, 0.25) is 0 Å². The highest BCUT2D eigenvalue weighted by molar-refractivity contribution is 5.70. The summed E-state index contributed by atoms with van der Waals surface area (Å²) in [6.45, 7) is 5.87. The van der Waals surface area contributed by atoms with E-state index >= 15 is 0 Å². The van der Waals surface area contributed by atoms with Crippen molar-refractivity contribution in [3.8, 4) is 0 Å². The van der Waals surface area contributed by atoms with Crippen LogP contribution in [0.5, 0.6) is 0 Å². The average molecular weight is 258 g/mol. The quantitative estimate of drug-likeness (QED) is 0.713. The Morgan fingerprint density at radius 3 is 2.83 bits per heavy atom. The number of methoxy groups -OCH3 is 1. The first-order chi connectivity index (χ1) is 8.62. The van der Waals surface area contributed by atoms with Crippen LogP contribution in [0.4, 0.5) is 0 Å². The van der Waals surface area contributed by atoms with Crippen molar-refractivity contribution in [3.63, 3.8) is 0 Å². The number of carbonyl (C=O) groups excluding carboxylic acids is 1. The molecule has 3 atom stereocenters. The third-order valence-corrected chi connectivity index (χ3v) is 3.65. The van der Waals surface area contributed by atoms with E-state index in [0.717, 1.165) is 19.4 Å². The van der Waals surface area contributed by atoms with Gasteiger partial charge in [-0.2, -0.15) is 0 Å². The Kier molecular flexibility index (Phi) is 6.60. The van der Waals surface area contributed by atoms with E-state index in [1.54, 1.807) is 7.11 Å². The molecule has 1 aliphatic heterocycles. The molecule has 0 aromatic carbocycles. The lowest BCUT2D eigenvalue weighted by Gasteiger charge is -2.41. The number of esters is 1. The minimum atomic E-state index is -0.130. The third-order valence-electron chi connectivity index (χ3n) is 3.65. The first-order valence-corrected chi connectivity index (χ1v) is 6.76. The van der Waals surface area contributed by atoms with Crippen molar-refractivity contribution in [3.05, 3.63) is 0 Å². The minimum Gasteiger partial charge on any atom is -0.466 e. The second-order valence-electron chi connectivity index (χ2n) is 4.87. The Hall–Kier alpha value is -0.650. The Bertz CT molecular complexity index is 261. The summed E-state index contributed by atoms with van der Waals surface area (Å²) < 4.78 is 10.4. The topological polar surface area (TPSA) is 64.8 Å². The molecule has 1 heterocycles. The maximum atomic E-state index is 11.5. The predicted molar refractivity (Wildman–Crippen MR) is 70.3 cm³/mol. The number of nitrogens with two attached hydrogens (primary N) is 1. The SMILES string of the molecule is CCOC(=O)CC(C)N1CCC(OC)CC1CN. The van der Waals surface area contributed by atoms with E-state index in [1.165, 1.54) is 0 Å². The van der Waals surface area contributed by atoms with Crippen LogP contribution < -0.4 is 5.73 Å². The summed E-state index contributed by atoms with van der Waals surface area (Å²) in [5.74, 6) is -0.130. The van der Waals surface area contributed by atoms with Crippen molar-refractivity contribution in [2.24, 2.45) is 5.73 Å². The molecule has 0 amide bonds. The van der Waals surface area contributed by atoms with E-state index in [2.05, 4.69) is 11.8 Å². The summed E-state index contributed by atoms with van der Waals surface area (Å²) in [6.07, 6.45) is 2.67. The zero-order valence-corrected chi connectivity index (χ0v) is 11.7. The van der Waals surface area contributed by atoms with Gasteiger partial charge in [0.2, 0.25) is 0 Å². The van der Waals surface area contributed by atoms with Crippen LogP contribution in [0.1, 0.15) is 33.1 Å². The molecular weight excluding hydrogens is 232 g/mol. The van der Waals surface area contributed by atoms with Crippen molar-refractivity contribution >= 4 is 5.97 Å². The van der Waals surface area contributed by atoms with Crippen molar-refractivity contribution in [2.45, 2.75) is 51.3 Å². The fourth-order valence-electron chi connectivity index (χ4n) is 2.64. The summed E-state index contributed by atoms with van der Waals surface area (Å²) in [4.78, 5) is 13.8. The first-order valence-electron chi connectivity index (χ1n) is 6.76. The largest absolute Gasteiger partial charge is 0.466 e. The zero-order chi connectivity index (χ0) is 13.5. The number of rotatable bonds is 6. The molecule has 2 N–H and O–H groups in total. The van der Waals surface area contributed by atoms with Crippen LogP contribution in [-0.2, 0) is 14.3 Å². The molecule has 18 heavy (non-hydrogen) atoms. The van der Waals surface area contributed by atoms with E-state index in [0.29, 0.717) is 31.7 Å². The minimum absolute atomic E-state index is 0.130. The standard InChI is InChI=1S/C13H26N2O3/c1-4-18-13(16)7-10(2)15-6-5-12(17-3)8-11(15)9-14/h10-12H,4-9,14H2,1-3H3. The highest BCUT2D eigenvalue weighted by Crippen LogP contribution is 2.22. The summed E-state index contributed by atoms with van der Waals surface area (Å²) in [5.41, 5.74) is 5.82. The summed E-state index contributed by atoms with van der Waals surface area (Å²) >= 11 is 0. The number of hydrogen-bond acceptors (Lipinski definition) is 5. The molecule has 106 valence electrons.